The zero-order valence-corrected chi connectivity index (χ0v) is 12.1. The number of thioether (sulfide) groups is 1. The van der Waals surface area contributed by atoms with Crippen LogP contribution in [0.2, 0.25) is 0 Å². The van der Waals surface area contributed by atoms with Gasteiger partial charge in [-0.25, -0.2) is 0 Å². The van der Waals surface area contributed by atoms with Crippen LogP contribution in [0.4, 0.5) is 0 Å². The highest BCUT2D eigenvalue weighted by molar-refractivity contribution is 8.00. The zero-order chi connectivity index (χ0) is 12.2. The van der Waals surface area contributed by atoms with Crippen molar-refractivity contribution >= 4 is 11.8 Å². The molecule has 3 heteroatoms. The summed E-state index contributed by atoms with van der Waals surface area (Å²) >= 11 is 2.10. The van der Waals surface area contributed by atoms with Crippen molar-refractivity contribution in [3.63, 3.8) is 0 Å². The SMILES string of the molecule is CCCC(C)(CN)CN1CCSC(C)C1C. The van der Waals surface area contributed by atoms with Crippen LogP contribution in [0, 0.1) is 5.41 Å². The fourth-order valence-electron chi connectivity index (χ4n) is 2.56. The second-order valence-electron chi connectivity index (χ2n) is 5.55. The minimum absolute atomic E-state index is 0.310. The molecule has 2 nitrogen and oxygen atoms in total. The van der Waals surface area contributed by atoms with Crippen molar-refractivity contribution in [1.29, 1.82) is 0 Å². The van der Waals surface area contributed by atoms with Gasteiger partial charge in [0.25, 0.3) is 0 Å². The molecule has 1 fully saturated rings. The van der Waals surface area contributed by atoms with Crippen molar-refractivity contribution in [2.75, 3.05) is 25.4 Å². The lowest BCUT2D eigenvalue weighted by atomic mass is 9.84. The lowest BCUT2D eigenvalue weighted by Gasteiger charge is -2.42. The van der Waals surface area contributed by atoms with E-state index < -0.39 is 0 Å². The van der Waals surface area contributed by atoms with Crippen LogP contribution in [0.3, 0.4) is 0 Å². The Bertz CT molecular complexity index is 210. The molecular weight excluding hydrogens is 216 g/mol. The molecule has 1 saturated heterocycles. The molecule has 3 atom stereocenters. The third-order valence-electron chi connectivity index (χ3n) is 3.95. The second-order valence-corrected chi connectivity index (χ2v) is 7.04. The average Bonchev–Trinajstić information content (AvgIpc) is 2.25. The number of nitrogens with two attached hydrogens (primary N) is 1. The molecule has 0 aromatic rings. The van der Waals surface area contributed by atoms with E-state index in [4.69, 9.17) is 5.73 Å². The first-order valence-corrected chi connectivity index (χ1v) is 7.63. The van der Waals surface area contributed by atoms with Crippen LogP contribution >= 0.6 is 11.8 Å². The zero-order valence-electron chi connectivity index (χ0n) is 11.3. The Balaban J connectivity index is 2.56. The Kier molecular flexibility index (Phi) is 5.62. The summed E-state index contributed by atoms with van der Waals surface area (Å²) in [6.45, 7) is 12.5. The molecule has 1 aliphatic rings. The van der Waals surface area contributed by atoms with E-state index in [-0.39, 0.29) is 0 Å². The quantitative estimate of drug-likeness (QED) is 0.806. The van der Waals surface area contributed by atoms with Crippen LogP contribution in [0.5, 0.6) is 0 Å². The Morgan fingerprint density at radius 2 is 2.12 bits per heavy atom. The van der Waals surface area contributed by atoms with Gasteiger partial charge in [-0.1, -0.05) is 27.2 Å². The molecule has 16 heavy (non-hydrogen) atoms. The molecule has 0 radical (unpaired) electrons. The van der Waals surface area contributed by atoms with E-state index >= 15 is 0 Å². The van der Waals surface area contributed by atoms with Gasteiger partial charge in [0.1, 0.15) is 0 Å². The summed E-state index contributed by atoms with van der Waals surface area (Å²) in [6.07, 6.45) is 2.48. The Labute approximate surface area is 105 Å². The molecule has 0 aromatic carbocycles. The van der Waals surface area contributed by atoms with E-state index in [1.54, 1.807) is 0 Å². The van der Waals surface area contributed by atoms with Gasteiger partial charge in [0, 0.05) is 30.1 Å². The third kappa shape index (κ3) is 3.64. The predicted octanol–water partition coefficient (Wildman–Crippen LogP) is 2.58. The first-order valence-electron chi connectivity index (χ1n) is 6.58. The first kappa shape index (κ1) is 14.3. The van der Waals surface area contributed by atoms with Crippen molar-refractivity contribution in [2.45, 2.75) is 51.8 Å². The van der Waals surface area contributed by atoms with Crippen molar-refractivity contribution in [3.8, 4) is 0 Å². The lowest BCUT2D eigenvalue weighted by Crippen LogP contribution is -2.50. The Morgan fingerprint density at radius 1 is 1.44 bits per heavy atom. The molecule has 2 N–H and O–H groups in total. The fourth-order valence-corrected chi connectivity index (χ4v) is 3.72. The highest BCUT2D eigenvalue weighted by Crippen LogP contribution is 2.29. The number of rotatable bonds is 5. The highest BCUT2D eigenvalue weighted by Gasteiger charge is 2.31. The van der Waals surface area contributed by atoms with Gasteiger partial charge >= 0.3 is 0 Å². The van der Waals surface area contributed by atoms with E-state index in [9.17, 15) is 0 Å². The van der Waals surface area contributed by atoms with Crippen LogP contribution in [-0.2, 0) is 0 Å². The van der Waals surface area contributed by atoms with Crippen molar-refractivity contribution in [1.82, 2.24) is 4.90 Å². The minimum atomic E-state index is 0.310. The lowest BCUT2D eigenvalue weighted by molar-refractivity contribution is 0.125. The standard InChI is InChI=1S/C13H28N2S/c1-5-6-13(4,9-14)10-15-7-8-16-12(3)11(15)2/h11-12H,5-10,14H2,1-4H3. The third-order valence-corrected chi connectivity index (χ3v) is 5.28. The Hall–Kier alpha value is 0.270. The smallest absolute Gasteiger partial charge is 0.0184 e. The van der Waals surface area contributed by atoms with E-state index in [0.29, 0.717) is 11.5 Å². The van der Waals surface area contributed by atoms with Crippen LogP contribution in [-0.4, -0.2) is 41.6 Å². The summed E-state index contributed by atoms with van der Waals surface area (Å²) in [5.74, 6) is 1.28. The van der Waals surface area contributed by atoms with Gasteiger partial charge in [-0.05, 0) is 25.3 Å². The Morgan fingerprint density at radius 3 is 2.69 bits per heavy atom. The molecule has 0 bridgehead atoms. The molecule has 1 aliphatic heterocycles. The van der Waals surface area contributed by atoms with E-state index in [2.05, 4.69) is 44.4 Å². The minimum Gasteiger partial charge on any atom is -0.330 e. The van der Waals surface area contributed by atoms with Crippen molar-refractivity contribution in [2.24, 2.45) is 11.1 Å². The topological polar surface area (TPSA) is 29.3 Å². The molecule has 1 rings (SSSR count). The highest BCUT2D eigenvalue weighted by atomic mass is 32.2. The normalized spacial score (nSPS) is 31.3. The maximum Gasteiger partial charge on any atom is 0.0184 e. The first-order chi connectivity index (χ1) is 7.52. The number of hydrogen-bond acceptors (Lipinski definition) is 3. The number of hydrogen-bond donors (Lipinski definition) is 1. The van der Waals surface area contributed by atoms with Gasteiger partial charge in [0.15, 0.2) is 0 Å². The molecule has 0 spiro atoms. The monoisotopic (exact) mass is 244 g/mol. The molecule has 0 saturated carbocycles. The maximum absolute atomic E-state index is 5.96. The summed E-state index contributed by atoms with van der Waals surface area (Å²) in [5, 5.41) is 0.761. The van der Waals surface area contributed by atoms with Gasteiger partial charge in [-0.2, -0.15) is 11.8 Å². The van der Waals surface area contributed by atoms with E-state index in [1.165, 1.54) is 31.7 Å². The predicted molar refractivity (Wildman–Crippen MR) is 75.0 cm³/mol. The van der Waals surface area contributed by atoms with Crippen molar-refractivity contribution < 1.29 is 0 Å². The molecule has 0 aliphatic carbocycles. The maximum atomic E-state index is 5.96. The molecule has 3 unspecified atom stereocenters. The van der Waals surface area contributed by atoms with Crippen molar-refractivity contribution in [3.05, 3.63) is 0 Å². The summed E-state index contributed by atoms with van der Waals surface area (Å²) in [6, 6.07) is 0.696. The van der Waals surface area contributed by atoms with E-state index in [1.807, 2.05) is 0 Å². The van der Waals surface area contributed by atoms with Crippen LogP contribution < -0.4 is 5.73 Å². The molecule has 0 amide bonds. The molecular formula is C13H28N2S. The second kappa shape index (κ2) is 6.27. The van der Waals surface area contributed by atoms with Gasteiger partial charge in [-0.3, -0.25) is 4.90 Å². The van der Waals surface area contributed by atoms with Crippen LogP contribution in [0.15, 0.2) is 0 Å². The molecule has 0 aromatic heterocycles. The van der Waals surface area contributed by atoms with Crippen LogP contribution in [0.25, 0.3) is 0 Å². The number of nitrogens with zero attached hydrogens (tertiary/aromatic N) is 1. The van der Waals surface area contributed by atoms with Gasteiger partial charge < -0.3 is 5.73 Å². The molecule has 1 heterocycles. The van der Waals surface area contributed by atoms with Gasteiger partial charge in [0.2, 0.25) is 0 Å². The summed E-state index contributed by atoms with van der Waals surface area (Å²) in [7, 11) is 0. The van der Waals surface area contributed by atoms with E-state index in [0.717, 1.165) is 11.8 Å². The van der Waals surface area contributed by atoms with Gasteiger partial charge in [0.05, 0.1) is 0 Å². The van der Waals surface area contributed by atoms with Crippen LogP contribution in [0.1, 0.15) is 40.5 Å². The fraction of sp³-hybridized carbons (Fsp3) is 1.00. The summed E-state index contributed by atoms with van der Waals surface area (Å²) in [5.41, 5.74) is 6.27. The van der Waals surface area contributed by atoms with Gasteiger partial charge in [-0.15, -0.1) is 0 Å². The average molecular weight is 244 g/mol. The summed E-state index contributed by atoms with van der Waals surface area (Å²) < 4.78 is 0. The molecule has 96 valence electrons. The largest absolute Gasteiger partial charge is 0.330 e. The summed E-state index contributed by atoms with van der Waals surface area (Å²) in [4.78, 5) is 2.64.